The molecule has 1 aliphatic rings. The topological polar surface area (TPSA) is 48.9 Å². The van der Waals surface area contributed by atoms with E-state index >= 15 is 0 Å². The van der Waals surface area contributed by atoms with Gasteiger partial charge in [0.05, 0.1) is 12.7 Å². The van der Waals surface area contributed by atoms with Crippen molar-refractivity contribution < 1.29 is 4.74 Å². The monoisotopic (exact) mass is 536 g/mol. The van der Waals surface area contributed by atoms with Gasteiger partial charge in [-0.15, -0.1) is 24.0 Å². The van der Waals surface area contributed by atoms with Gasteiger partial charge in [-0.3, -0.25) is 9.89 Å². The smallest absolute Gasteiger partial charge is 0.191 e. The Bertz CT molecular complexity index is 789. The molecule has 2 aromatic carbocycles. The van der Waals surface area contributed by atoms with Crippen molar-refractivity contribution in [2.75, 3.05) is 20.1 Å². The number of halogens is 1. The van der Waals surface area contributed by atoms with Crippen LogP contribution in [0.1, 0.15) is 43.4 Å². The fourth-order valence-electron chi connectivity index (χ4n) is 3.74. The SMILES string of the molecule is CN=C(NCc1cccc(COC(C)C)c1)NC1CCN(Cc2ccccc2)CC1.I. The third-order valence-electron chi connectivity index (χ3n) is 5.44. The number of ether oxygens (including phenoxy) is 1. The molecule has 0 aliphatic carbocycles. The second-order valence-corrected chi connectivity index (χ2v) is 8.29. The third kappa shape index (κ3) is 9.17. The molecule has 1 aliphatic heterocycles. The van der Waals surface area contributed by atoms with Crippen LogP contribution in [0.4, 0.5) is 0 Å². The van der Waals surface area contributed by atoms with Crippen LogP contribution in [0.15, 0.2) is 59.6 Å². The summed E-state index contributed by atoms with van der Waals surface area (Å²) in [4.78, 5) is 6.96. The summed E-state index contributed by atoms with van der Waals surface area (Å²) in [6, 6.07) is 19.7. The van der Waals surface area contributed by atoms with Crippen LogP contribution in [0.2, 0.25) is 0 Å². The van der Waals surface area contributed by atoms with Crippen molar-refractivity contribution in [1.82, 2.24) is 15.5 Å². The predicted octanol–water partition coefficient (Wildman–Crippen LogP) is 4.56. The first-order chi connectivity index (χ1) is 14.6. The number of hydrogen-bond acceptors (Lipinski definition) is 3. The fourth-order valence-corrected chi connectivity index (χ4v) is 3.74. The average molecular weight is 537 g/mol. The number of likely N-dealkylation sites (tertiary alicyclic amines) is 1. The Morgan fingerprint density at radius 2 is 1.71 bits per heavy atom. The van der Waals surface area contributed by atoms with Gasteiger partial charge in [0.2, 0.25) is 0 Å². The Balaban J connectivity index is 0.00000341. The number of aliphatic imine (C=N–C) groups is 1. The Morgan fingerprint density at radius 3 is 2.39 bits per heavy atom. The number of piperidine rings is 1. The van der Waals surface area contributed by atoms with Gasteiger partial charge in [-0.05, 0) is 43.4 Å². The number of guanidine groups is 1. The molecule has 3 rings (SSSR count). The van der Waals surface area contributed by atoms with Gasteiger partial charge in [-0.2, -0.15) is 0 Å². The van der Waals surface area contributed by atoms with Crippen LogP contribution in [0.5, 0.6) is 0 Å². The average Bonchev–Trinajstić information content (AvgIpc) is 2.77. The van der Waals surface area contributed by atoms with Gasteiger partial charge in [0.15, 0.2) is 5.96 Å². The first-order valence-electron chi connectivity index (χ1n) is 11.1. The van der Waals surface area contributed by atoms with E-state index in [0.29, 0.717) is 12.6 Å². The largest absolute Gasteiger partial charge is 0.374 e. The highest BCUT2D eigenvalue weighted by Gasteiger charge is 2.20. The highest BCUT2D eigenvalue weighted by atomic mass is 127. The Labute approximate surface area is 204 Å². The molecule has 170 valence electrons. The zero-order valence-corrected chi connectivity index (χ0v) is 21.3. The predicted molar refractivity (Wildman–Crippen MR) is 140 cm³/mol. The van der Waals surface area contributed by atoms with Crippen molar-refractivity contribution in [3.8, 4) is 0 Å². The summed E-state index contributed by atoms with van der Waals surface area (Å²) in [6.45, 7) is 8.79. The van der Waals surface area contributed by atoms with Gasteiger partial charge >= 0.3 is 0 Å². The summed E-state index contributed by atoms with van der Waals surface area (Å²) >= 11 is 0. The minimum absolute atomic E-state index is 0. The normalized spacial score (nSPS) is 15.5. The standard InChI is InChI=1S/C25H36N4O.HI/c1-20(2)30-19-23-11-7-10-22(16-23)17-27-25(26-3)28-24-12-14-29(15-13-24)18-21-8-5-4-6-9-21;/h4-11,16,20,24H,12-15,17-19H2,1-3H3,(H2,26,27,28);1H. The summed E-state index contributed by atoms with van der Waals surface area (Å²) in [5, 5.41) is 7.06. The van der Waals surface area contributed by atoms with Crippen LogP contribution >= 0.6 is 24.0 Å². The van der Waals surface area contributed by atoms with Gasteiger partial charge in [0.25, 0.3) is 0 Å². The maximum atomic E-state index is 5.72. The molecule has 1 fully saturated rings. The van der Waals surface area contributed by atoms with E-state index in [1.165, 1.54) is 16.7 Å². The lowest BCUT2D eigenvalue weighted by atomic mass is 10.0. The first kappa shape index (κ1) is 25.6. The number of nitrogens with one attached hydrogen (secondary N) is 2. The molecule has 2 N–H and O–H groups in total. The van der Waals surface area contributed by atoms with Crippen molar-refractivity contribution >= 4 is 29.9 Å². The van der Waals surface area contributed by atoms with Crippen LogP contribution in [-0.4, -0.2) is 43.1 Å². The van der Waals surface area contributed by atoms with E-state index in [2.05, 4.69) is 89.0 Å². The summed E-state index contributed by atoms with van der Waals surface area (Å²) < 4.78 is 5.72. The zero-order chi connectivity index (χ0) is 21.2. The molecule has 0 atom stereocenters. The van der Waals surface area contributed by atoms with Gasteiger partial charge in [-0.25, -0.2) is 0 Å². The molecule has 1 heterocycles. The molecule has 2 aromatic rings. The van der Waals surface area contributed by atoms with Crippen LogP contribution in [-0.2, 0) is 24.4 Å². The lowest BCUT2D eigenvalue weighted by Crippen LogP contribution is -2.48. The molecule has 31 heavy (non-hydrogen) atoms. The Morgan fingerprint density at radius 1 is 1.03 bits per heavy atom. The van der Waals surface area contributed by atoms with Crippen LogP contribution in [0.3, 0.4) is 0 Å². The molecule has 0 amide bonds. The number of hydrogen-bond donors (Lipinski definition) is 2. The third-order valence-corrected chi connectivity index (χ3v) is 5.44. The molecule has 0 aromatic heterocycles. The molecule has 0 saturated carbocycles. The summed E-state index contributed by atoms with van der Waals surface area (Å²) in [6.07, 6.45) is 2.51. The van der Waals surface area contributed by atoms with Crippen molar-refractivity contribution in [2.45, 2.75) is 58.5 Å². The Hall–Kier alpha value is -1.64. The van der Waals surface area contributed by atoms with E-state index < -0.39 is 0 Å². The molecule has 0 unspecified atom stereocenters. The molecule has 6 heteroatoms. The lowest BCUT2D eigenvalue weighted by molar-refractivity contribution is 0.0657. The van der Waals surface area contributed by atoms with Gasteiger partial charge < -0.3 is 15.4 Å². The van der Waals surface area contributed by atoms with E-state index in [1.54, 1.807) is 0 Å². The maximum absolute atomic E-state index is 5.72. The highest BCUT2D eigenvalue weighted by Crippen LogP contribution is 2.14. The molecule has 0 radical (unpaired) electrons. The quantitative estimate of drug-likeness (QED) is 0.295. The fraction of sp³-hybridized carbons (Fsp3) is 0.480. The van der Waals surface area contributed by atoms with E-state index in [4.69, 9.17) is 4.74 Å². The molecule has 0 bridgehead atoms. The summed E-state index contributed by atoms with van der Waals surface area (Å²) in [5.74, 6) is 0.875. The van der Waals surface area contributed by atoms with Crippen LogP contribution < -0.4 is 10.6 Å². The van der Waals surface area contributed by atoms with Crippen molar-refractivity contribution in [1.29, 1.82) is 0 Å². The second kappa shape index (κ2) is 13.7. The van der Waals surface area contributed by atoms with Crippen molar-refractivity contribution in [3.63, 3.8) is 0 Å². The first-order valence-corrected chi connectivity index (χ1v) is 11.1. The van der Waals surface area contributed by atoms with Gasteiger partial charge in [0.1, 0.15) is 0 Å². The molecular formula is C25H37IN4O. The van der Waals surface area contributed by atoms with Crippen molar-refractivity contribution in [3.05, 3.63) is 71.3 Å². The molecule has 5 nitrogen and oxygen atoms in total. The molecular weight excluding hydrogens is 499 g/mol. The van der Waals surface area contributed by atoms with Crippen LogP contribution in [0, 0.1) is 0 Å². The molecule has 0 spiro atoms. The minimum atomic E-state index is 0. The number of benzene rings is 2. The summed E-state index contributed by atoms with van der Waals surface area (Å²) in [7, 11) is 1.84. The maximum Gasteiger partial charge on any atom is 0.191 e. The van der Waals surface area contributed by atoms with Crippen LogP contribution in [0.25, 0.3) is 0 Å². The zero-order valence-electron chi connectivity index (χ0n) is 19.0. The van der Waals surface area contributed by atoms with Gasteiger partial charge in [-0.1, -0.05) is 54.6 Å². The minimum Gasteiger partial charge on any atom is -0.374 e. The summed E-state index contributed by atoms with van der Waals surface area (Å²) in [5.41, 5.74) is 3.83. The lowest BCUT2D eigenvalue weighted by Gasteiger charge is -2.33. The van der Waals surface area contributed by atoms with Crippen molar-refractivity contribution in [2.24, 2.45) is 4.99 Å². The van der Waals surface area contributed by atoms with E-state index in [1.807, 2.05) is 7.05 Å². The molecule has 1 saturated heterocycles. The van der Waals surface area contributed by atoms with E-state index in [9.17, 15) is 0 Å². The highest BCUT2D eigenvalue weighted by molar-refractivity contribution is 14.0. The van der Waals surface area contributed by atoms with Gasteiger partial charge in [0, 0.05) is 39.3 Å². The second-order valence-electron chi connectivity index (χ2n) is 8.29. The number of nitrogens with zero attached hydrogens (tertiary/aromatic N) is 2. The Kier molecular flexibility index (Phi) is 11.3. The van der Waals surface area contributed by atoms with E-state index in [0.717, 1.165) is 45.0 Å². The number of rotatable bonds is 8. The van der Waals surface area contributed by atoms with E-state index in [-0.39, 0.29) is 30.1 Å².